The second-order valence-electron chi connectivity index (χ2n) is 11.1. The molecule has 2 saturated carbocycles. The van der Waals surface area contributed by atoms with Crippen molar-refractivity contribution in [1.82, 2.24) is 5.01 Å². The zero-order valence-electron chi connectivity index (χ0n) is 20.9. The van der Waals surface area contributed by atoms with E-state index in [1.54, 1.807) is 11.1 Å². The summed E-state index contributed by atoms with van der Waals surface area (Å²) in [4.78, 5) is 0. The minimum Gasteiger partial charge on any atom is -0.489 e. The third-order valence-electron chi connectivity index (χ3n) is 8.84. The molecule has 2 aromatic rings. The molecule has 0 amide bonds. The van der Waals surface area contributed by atoms with E-state index in [9.17, 15) is 0 Å². The summed E-state index contributed by atoms with van der Waals surface area (Å²) in [5, 5.41) is 7.00. The SMILES string of the molecule is CCCC1Cc2cc(OCc3ccccc3)ccc2C2CCC3(C)C(=NN(C)C)CCC3C12. The van der Waals surface area contributed by atoms with Crippen molar-refractivity contribution in [1.29, 1.82) is 0 Å². The lowest BCUT2D eigenvalue weighted by atomic mass is 9.52. The average Bonchev–Trinajstić information content (AvgIpc) is 3.13. The molecule has 0 heterocycles. The first-order valence-corrected chi connectivity index (χ1v) is 13.0. The second kappa shape index (κ2) is 9.16. The number of hydrogen-bond acceptors (Lipinski definition) is 3. The molecule has 3 nitrogen and oxygen atoms in total. The summed E-state index contributed by atoms with van der Waals surface area (Å²) >= 11 is 0. The molecular formula is C30H40N2O. The molecule has 0 N–H and O–H groups in total. The first-order valence-electron chi connectivity index (χ1n) is 13.0. The van der Waals surface area contributed by atoms with Crippen LogP contribution in [0.25, 0.3) is 0 Å². The molecule has 3 aliphatic rings. The molecule has 5 unspecified atom stereocenters. The van der Waals surface area contributed by atoms with E-state index in [-0.39, 0.29) is 5.41 Å². The average molecular weight is 445 g/mol. The summed E-state index contributed by atoms with van der Waals surface area (Å²) in [6, 6.07) is 17.5. The molecule has 3 aliphatic carbocycles. The monoisotopic (exact) mass is 444 g/mol. The number of benzene rings is 2. The summed E-state index contributed by atoms with van der Waals surface area (Å²) in [7, 11) is 4.15. The molecule has 176 valence electrons. The van der Waals surface area contributed by atoms with E-state index >= 15 is 0 Å². The van der Waals surface area contributed by atoms with Crippen LogP contribution < -0.4 is 4.74 Å². The van der Waals surface area contributed by atoms with Crippen molar-refractivity contribution in [2.45, 2.75) is 71.3 Å². The molecule has 3 heteroatoms. The Balaban J connectivity index is 1.42. The van der Waals surface area contributed by atoms with Gasteiger partial charge in [0, 0.05) is 25.2 Å². The zero-order chi connectivity index (χ0) is 23.0. The maximum Gasteiger partial charge on any atom is 0.120 e. The smallest absolute Gasteiger partial charge is 0.120 e. The summed E-state index contributed by atoms with van der Waals surface area (Å²) in [5.74, 6) is 4.06. The van der Waals surface area contributed by atoms with Crippen LogP contribution in [-0.2, 0) is 13.0 Å². The Labute approximate surface area is 200 Å². The highest BCUT2D eigenvalue weighted by Crippen LogP contribution is 2.62. The van der Waals surface area contributed by atoms with Crippen LogP contribution in [-0.4, -0.2) is 24.8 Å². The molecule has 0 aliphatic heterocycles. The minimum absolute atomic E-state index is 0.285. The second-order valence-corrected chi connectivity index (χ2v) is 11.1. The highest BCUT2D eigenvalue weighted by molar-refractivity contribution is 5.92. The van der Waals surface area contributed by atoms with Crippen LogP contribution in [0, 0.1) is 23.2 Å². The van der Waals surface area contributed by atoms with Gasteiger partial charge in [0.15, 0.2) is 0 Å². The van der Waals surface area contributed by atoms with Crippen molar-refractivity contribution >= 4 is 5.71 Å². The fourth-order valence-corrected chi connectivity index (χ4v) is 7.45. The van der Waals surface area contributed by atoms with Crippen molar-refractivity contribution in [2.75, 3.05) is 14.1 Å². The van der Waals surface area contributed by atoms with Crippen molar-refractivity contribution in [3.05, 3.63) is 65.2 Å². The van der Waals surface area contributed by atoms with E-state index in [0.29, 0.717) is 12.5 Å². The number of ether oxygens (including phenoxy) is 1. The summed E-state index contributed by atoms with van der Waals surface area (Å²) in [5.41, 5.74) is 6.13. The van der Waals surface area contributed by atoms with Gasteiger partial charge in [-0.3, -0.25) is 0 Å². The van der Waals surface area contributed by atoms with Crippen LogP contribution in [0.15, 0.2) is 53.6 Å². The van der Waals surface area contributed by atoms with Gasteiger partial charge in [0.1, 0.15) is 12.4 Å². The fourth-order valence-electron chi connectivity index (χ4n) is 7.45. The molecule has 2 fully saturated rings. The first-order chi connectivity index (χ1) is 16.0. The molecule has 33 heavy (non-hydrogen) atoms. The molecule has 5 atom stereocenters. The number of hydrazone groups is 1. The highest BCUT2D eigenvalue weighted by atomic mass is 16.5. The third-order valence-corrected chi connectivity index (χ3v) is 8.84. The van der Waals surface area contributed by atoms with Gasteiger partial charge in [-0.15, -0.1) is 0 Å². The Kier molecular flexibility index (Phi) is 6.24. The molecule has 0 bridgehead atoms. The van der Waals surface area contributed by atoms with Crippen LogP contribution in [0.5, 0.6) is 5.75 Å². The fraction of sp³-hybridized carbons (Fsp3) is 0.567. The normalized spacial score (nSPS) is 31.6. The molecule has 0 saturated heterocycles. The van der Waals surface area contributed by atoms with Gasteiger partial charge in [-0.25, -0.2) is 0 Å². The Morgan fingerprint density at radius 3 is 2.67 bits per heavy atom. The maximum atomic E-state index is 6.21. The van der Waals surface area contributed by atoms with E-state index < -0.39 is 0 Å². The largest absolute Gasteiger partial charge is 0.489 e. The van der Waals surface area contributed by atoms with Crippen molar-refractivity contribution < 1.29 is 4.74 Å². The number of nitrogens with zero attached hydrogens (tertiary/aromatic N) is 2. The molecule has 0 aromatic heterocycles. The van der Waals surface area contributed by atoms with Crippen LogP contribution in [0.2, 0.25) is 0 Å². The van der Waals surface area contributed by atoms with Gasteiger partial charge < -0.3 is 9.75 Å². The molecule has 0 radical (unpaired) electrons. The van der Waals surface area contributed by atoms with Gasteiger partial charge >= 0.3 is 0 Å². The molecule has 2 aromatic carbocycles. The topological polar surface area (TPSA) is 24.8 Å². The molecule has 0 spiro atoms. The van der Waals surface area contributed by atoms with Crippen molar-refractivity contribution in [2.24, 2.45) is 28.3 Å². The van der Waals surface area contributed by atoms with Gasteiger partial charge in [0.25, 0.3) is 0 Å². The minimum atomic E-state index is 0.285. The van der Waals surface area contributed by atoms with E-state index in [2.05, 4.69) is 76.5 Å². The number of hydrogen-bond donors (Lipinski definition) is 0. The van der Waals surface area contributed by atoms with Gasteiger partial charge in [0.05, 0.1) is 0 Å². The van der Waals surface area contributed by atoms with E-state index in [1.807, 2.05) is 5.01 Å². The van der Waals surface area contributed by atoms with Crippen LogP contribution in [0.1, 0.15) is 75.0 Å². The van der Waals surface area contributed by atoms with Crippen molar-refractivity contribution in [3.63, 3.8) is 0 Å². The lowest BCUT2D eigenvalue weighted by molar-refractivity contribution is 0.0497. The Hall–Kier alpha value is -2.29. The molecule has 5 rings (SSSR count). The quantitative estimate of drug-likeness (QED) is 0.445. The standard InChI is InChI=1S/C30H40N2O/c1-5-9-22-18-23-19-24(33-20-21-10-7-6-8-11-21)12-13-25(23)26-16-17-30(2)27(29(22)26)14-15-28(30)31-32(3)4/h6-8,10-13,19,22,26-27,29H,5,9,14-18,20H2,1-4H3. The van der Waals surface area contributed by atoms with Crippen LogP contribution in [0.4, 0.5) is 0 Å². The lowest BCUT2D eigenvalue weighted by Crippen LogP contribution is -2.46. The summed E-state index contributed by atoms with van der Waals surface area (Å²) in [6.07, 6.45) is 8.88. The molecular weight excluding hydrogens is 404 g/mol. The summed E-state index contributed by atoms with van der Waals surface area (Å²) < 4.78 is 6.21. The zero-order valence-corrected chi connectivity index (χ0v) is 20.9. The maximum absolute atomic E-state index is 6.21. The van der Waals surface area contributed by atoms with Crippen LogP contribution >= 0.6 is 0 Å². The number of rotatable bonds is 6. The number of fused-ring (bicyclic) bond motifs is 5. The van der Waals surface area contributed by atoms with Gasteiger partial charge in [-0.2, -0.15) is 5.10 Å². The Bertz CT molecular complexity index is 998. The predicted octanol–water partition coefficient (Wildman–Crippen LogP) is 7.07. The van der Waals surface area contributed by atoms with E-state index in [4.69, 9.17) is 9.84 Å². The van der Waals surface area contributed by atoms with Crippen LogP contribution in [0.3, 0.4) is 0 Å². The predicted molar refractivity (Wildman–Crippen MR) is 137 cm³/mol. The van der Waals surface area contributed by atoms with Gasteiger partial charge in [0.2, 0.25) is 0 Å². The van der Waals surface area contributed by atoms with Crippen molar-refractivity contribution in [3.8, 4) is 5.75 Å². The van der Waals surface area contributed by atoms with Gasteiger partial charge in [-0.05, 0) is 84.6 Å². The first kappa shape index (κ1) is 22.5. The lowest BCUT2D eigenvalue weighted by Gasteiger charge is -2.52. The summed E-state index contributed by atoms with van der Waals surface area (Å²) in [6.45, 7) is 5.53. The van der Waals surface area contributed by atoms with E-state index in [0.717, 1.165) is 23.5 Å². The Morgan fingerprint density at radius 1 is 1.09 bits per heavy atom. The van der Waals surface area contributed by atoms with E-state index in [1.165, 1.54) is 56.2 Å². The Morgan fingerprint density at radius 2 is 1.91 bits per heavy atom. The van der Waals surface area contributed by atoms with Gasteiger partial charge in [-0.1, -0.05) is 63.1 Å². The third kappa shape index (κ3) is 4.20. The highest BCUT2D eigenvalue weighted by Gasteiger charge is 2.55.